The van der Waals surface area contributed by atoms with E-state index >= 15 is 0 Å². The molecule has 1 unspecified atom stereocenters. The quantitative estimate of drug-likeness (QED) is 0.375. The van der Waals surface area contributed by atoms with E-state index in [2.05, 4.69) is 39.6 Å². The fraction of sp³-hybridized carbons (Fsp3) is 0.733. The third-order valence-electron chi connectivity index (χ3n) is 2.63. The Hall–Kier alpha value is -0.106. The molecular weight excluding hydrogens is 247 g/mol. The van der Waals surface area contributed by atoms with Crippen LogP contribution in [0.1, 0.15) is 33.6 Å². The van der Waals surface area contributed by atoms with Gasteiger partial charge in [-0.2, -0.15) is 0 Å². The van der Waals surface area contributed by atoms with Crippen molar-refractivity contribution in [1.82, 2.24) is 0 Å². The second kappa shape index (κ2) is 10.7. The Kier molecular flexibility index (Phi) is 11.9. The summed E-state index contributed by atoms with van der Waals surface area (Å²) in [5.74, 6) is 0.104. The maximum absolute atomic E-state index is 11.3. The molecule has 106 valence electrons. The van der Waals surface area contributed by atoms with Gasteiger partial charge in [0.1, 0.15) is 0 Å². The summed E-state index contributed by atoms with van der Waals surface area (Å²) in [5.41, 5.74) is 1.50. The predicted octanol–water partition coefficient (Wildman–Crippen LogP) is 0.929. The van der Waals surface area contributed by atoms with Gasteiger partial charge in [0, 0.05) is 14.0 Å². The van der Waals surface area contributed by atoms with E-state index in [9.17, 15) is 5.11 Å². The third kappa shape index (κ3) is 14.1. The molecule has 0 spiro atoms. The molecule has 0 radical (unpaired) electrons. The van der Waals surface area contributed by atoms with E-state index in [1.165, 1.54) is 11.6 Å². The summed E-state index contributed by atoms with van der Waals surface area (Å²) >= 11 is 0. The second-order valence-electron chi connectivity index (χ2n) is 6.26. The molecule has 0 amide bonds. The first kappa shape index (κ1) is 21.2. The molecule has 0 aromatic heterocycles. The summed E-state index contributed by atoms with van der Waals surface area (Å²) in [4.78, 5) is 0. The van der Waals surface area contributed by atoms with Crippen LogP contribution < -0.4 is 24.0 Å². The van der Waals surface area contributed by atoms with Gasteiger partial charge in [0.15, 0.2) is 0 Å². The molecule has 0 aliphatic rings. The van der Waals surface area contributed by atoms with Crippen LogP contribution in [0.25, 0.3) is 0 Å². The maximum Gasteiger partial charge on any atom is 1.00 e. The Morgan fingerprint density at radius 2 is 1.89 bits per heavy atom. The summed E-state index contributed by atoms with van der Waals surface area (Å²) in [5, 5.41) is 11.3. The van der Waals surface area contributed by atoms with Gasteiger partial charge in [-0.15, -0.1) is 0 Å². The SMILES string of the molecule is CCO/C([O-])=C\C(C)CC/C=C(\C)C[Si](C)(C)C.[Li+]. The molecule has 0 aromatic carbocycles. The normalized spacial score (nSPS) is 14.8. The van der Waals surface area contributed by atoms with Crippen LogP contribution in [-0.2, 0) is 4.74 Å². The molecule has 0 aliphatic heterocycles. The average Bonchev–Trinajstić information content (AvgIpc) is 2.14. The largest absolute Gasteiger partial charge is 1.00 e. The molecule has 0 fully saturated rings. The van der Waals surface area contributed by atoms with Crippen molar-refractivity contribution in [2.75, 3.05) is 6.61 Å². The van der Waals surface area contributed by atoms with Crippen LogP contribution in [0.2, 0.25) is 25.7 Å². The molecule has 0 aromatic rings. The monoisotopic (exact) mass is 276 g/mol. The number of hydrogen-bond donors (Lipinski definition) is 0. The second-order valence-corrected chi connectivity index (χ2v) is 11.7. The smallest absolute Gasteiger partial charge is 0.614 e. The minimum atomic E-state index is -0.985. The van der Waals surface area contributed by atoms with Gasteiger partial charge < -0.3 is 9.84 Å². The van der Waals surface area contributed by atoms with Gasteiger partial charge in [0.2, 0.25) is 0 Å². The summed E-state index contributed by atoms with van der Waals surface area (Å²) in [7, 11) is -0.985. The van der Waals surface area contributed by atoms with E-state index in [0.717, 1.165) is 12.8 Å². The zero-order valence-electron chi connectivity index (χ0n) is 13.9. The van der Waals surface area contributed by atoms with Crippen LogP contribution in [0.15, 0.2) is 23.7 Å². The van der Waals surface area contributed by atoms with Crippen LogP contribution >= 0.6 is 0 Å². The molecule has 1 atom stereocenters. The molecule has 0 rings (SSSR count). The van der Waals surface area contributed by atoms with Crippen LogP contribution in [-0.4, -0.2) is 14.7 Å². The molecule has 2 nitrogen and oxygen atoms in total. The molecular formula is C15H29LiO2Si. The number of rotatable bonds is 8. The first-order valence-corrected chi connectivity index (χ1v) is 10.6. The van der Waals surface area contributed by atoms with Crippen molar-refractivity contribution in [3.05, 3.63) is 23.7 Å². The van der Waals surface area contributed by atoms with Crippen LogP contribution in [0, 0.1) is 5.92 Å². The van der Waals surface area contributed by atoms with Crippen molar-refractivity contribution in [2.24, 2.45) is 5.92 Å². The molecule has 0 heterocycles. The Labute approximate surface area is 132 Å². The standard InChI is InChI=1S/C15H30O2Si.Li/c1-7-17-15(16)11-13(2)9-8-10-14(3)12-18(4,5)6;/h10-11,13,16H,7-9,12H2,1-6H3;/q;+1/p-1/b14-10+,15-11-;. The van der Waals surface area contributed by atoms with E-state index < -0.39 is 8.07 Å². The van der Waals surface area contributed by atoms with E-state index in [1.54, 1.807) is 6.08 Å². The number of hydrogen-bond acceptors (Lipinski definition) is 2. The van der Waals surface area contributed by atoms with Crippen molar-refractivity contribution in [3.8, 4) is 0 Å². The maximum atomic E-state index is 11.3. The number of ether oxygens (including phenoxy) is 1. The van der Waals surface area contributed by atoms with E-state index in [-0.39, 0.29) is 24.8 Å². The van der Waals surface area contributed by atoms with E-state index in [4.69, 9.17) is 4.74 Å². The molecule has 0 N–H and O–H groups in total. The third-order valence-corrected chi connectivity index (χ3v) is 4.25. The first-order valence-electron chi connectivity index (χ1n) is 6.92. The fourth-order valence-corrected chi connectivity index (χ4v) is 3.82. The summed E-state index contributed by atoms with van der Waals surface area (Å²) in [6, 6.07) is 1.27. The number of allylic oxidation sites excluding steroid dienone is 3. The van der Waals surface area contributed by atoms with Crippen LogP contribution in [0.4, 0.5) is 0 Å². The molecule has 0 bridgehead atoms. The predicted molar refractivity (Wildman–Crippen MR) is 80.0 cm³/mol. The minimum Gasteiger partial charge on any atom is -0.614 e. The molecule has 0 aliphatic carbocycles. The van der Waals surface area contributed by atoms with Crippen molar-refractivity contribution in [1.29, 1.82) is 0 Å². The van der Waals surface area contributed by atoms with E-state index in [0.29, 0.717) is 12.5 Å². The molecule has 0 saturated heterocycles. The summed E-state index contributed by atoms with van der Waals surface area (Å²) < 4.78 is 4.90. The Balaban J connectivity index is 0. The van der Waals surface area contributed by atoms with Crippen molar-refractivity contribution in [2.45, 2.75) is 59.3 Å². The summed E-state index contributed by atoms with van der Waals surface area (Å²) in [6.07, 6.45) is 6.08. The average molecular weight is 276 g/mol. The van der Waals surface area contributed by atoms with Gasteiger partial charge in [0.25, 0.3) is 0 Å². The zero-order valence-corrected chi connectivity index (χ0v) is 14.9. The Morgan fingerprint density at radius 3 is 2.37 bits per heavy atom. The van der Waals surface area contributed by atoms with Crippen LogP contribution in [0.3, 0.4) is 0 Å². The Bertz CT molecular complexity index is 293. The molecule has 0 saturated carbocycles. The molecule has 19 heavy (non-hydrogen) atoms. The van der Waals surface area contributed by atoms with E-state index in [1.807, 2.05) is 6.92 Å². The minimum absolute atomic E-state index is 0. The Morgan fingerprint density at radius 1 is 1.32 bits per heavy atom. The van der Waals surface area contributed by atoms with Gasteiger partial charge in [-0.25, -0.2) is 0 Å². The molecule has 4 heteroatoms. The van der Waals surface area contributed by atoms with Crippen molar-refractivity contribution < 1.29 is 28.7 Å². The first-order chi connectivity index (χ1) is 8.24. The van der Waals surface area contributed by atoms with Gasteiger partial charge in [0.05, 0.1) is 0 Å². The van der Waals surface area contributed by atoms with Gasteiger partial charge >= 0.3 is 18.9 Å². The zero-order chi connectivity index (χ0) is 14.2. The van der Waals surface area contributed by atoms with Gasteiger partial charge in [-0.05, 0) is 38.3 Å². The topological polar surface area (TPSA) is 32.3 Å². The van der Waals surface area contributed by atoms with Gasteiger partial charge in [-0.3, -0.25) is 0 Å². The summed E-state index contributed by atoms with van der Waals surface area (Å²) in [6.45, 7) is 13.7. The van der Waals surface area contributed by atoms with Crippen LogP contribution in [0.5, 0.6) is 0 Å². The van der Waals surface area contributed by atoms with Crippen molar-refractivity contribution in [3.63, 3.8) is 0 Å². The van der Waals surface area contributed by atoms with Gasteiger partial charge in [-0.1, -0.05) is 51.2 Å². The van der Waals surface area contributed by atoms with Crippen molar-refractivity contribution >= 4 is 8.07 Å². The fourth-order valence-electron chi connectivity index (χ4n) is 2.01.